The third-order valence-electron chi connectivity index (χ3n) is 5.06. The summed E-state index contributed by atoms with van der Waals surface area (Å²) in [5.74, 6) is 1.31. The largest absolute Gasteiger partial charge is 0.495 e. The molecule has 3 aromatic rings. The van der Waals surface area contributed by atoms with Crippen LogP contribution in [-0.4, -0.2) is 33.1 Å². The summed E-state index contributed by atoms with van der Waals surface area (Å²) in [5, 5.41) is 12.3. The van der Waals surface area contributed by atoms with Gasteiger partial charge in [0, 0.05) is 12.1 Å². The van der Waals surface area contributed by atoms with Gasteiger partial charge in [0.2, 0.25) is 11.1 Å². The van der Waals surface area contributed by atoms with Crippen molar-refractivity contribution in [3.63, 3.8) is 0 Å². The Morgan fingerprint density at radius 3 is 2.84 bits per heavy atom. The lowest BCUT2D eigenvalue weighted by Crippen LogP contribution is -2.41. The summed E-state index contributed by atoms with van der Waals surface area (Å²) in [4.78, 5) is 13.3. The maximum atomic E-state index is 13.3. The van der Waals surface area contributed by atoms with Gasteiger partial charge in [-0.25, -0.2) is 4.68 Å². The number of nitrogens with one attached hydrogen (secondary N) is 2. The second-order valence-corrected chi connectivity index (χ2v) is 8.90. The van der Waals surface area contributed by atoms with E-state index in [1.54, 1.807) is 7.11 Å². The first kappa shape index (κ1) is 21.5. The van der Waals surface area contributed by atoms with Gasteiger partial charge in [-0.1, -0.05) is 48.5 Å². The molecule has 2 aromatic carbocycles. The Kier molecular flexibility index (Phi) is 6.38. The van der Waals surface area contributed by atoms with Gasteiger partial charge < -0.3 is 15.5 Å². The van der Waals surface area contributed by atoms with E-state index in [0.29, 0.717) is 15.9 Å². The van der Waals surface area contributed by atoms with Crippen LogP contribution in [0.5, 0.6) is 5.75 Å². The maximum Gasteiger partial charge on any atom is 0.240 e. The van der Waals surface area contributed by atoms with Crippen molar-refractivity contribution in [2.75, 3.05) is 17.9 Å². The number of carbonyl (C=O) groups excluding carboxylic acids is 1. The lowest BCUT2D eigenvalue weighted by molar-refractivity contribution is -0.116. The van der Waals surface area contributed by atoms with Crippen LogP contribution < -0.4 is 15.5 Å². The smallest absolute Gasteiger partial charge is 0.240 e. The lowest BCUT2D eigenvalue weighted by Gasteiger charge is -2.33. The molecule has 1 aliphatic rings. The number of aromatic nitrogens is 3. The fourth-order valence-electron chi connectivity index (χ4n) is 3.55. The van der Waals surface area contributed by atoms with Crippen molar-refractivity contribution in [2.24, 2.45) is 0 Å². The van der Waals surface area contributed by atoms with Crippen LogP contribution in [0.3, 0.4) is 0 Å². The maximum absolute atomic E-state index is 13.3. The highest BCUT2D eigenvalue weighted by molar-refractivity contribution is 8.00. The fourth-order valence-corrected chi connectivity index (χ4v) is 4.91. The number of thioether (sulfide) groups is 1. The summed E-state index contributed by atoms with van der Waals surface area (Å²) < 4.78 is 7.17. The summed E-state index contributed by atoms with van der Waals surface area (Å²) in [6.07, 6.45) is 1.73. The number of halogens is 1. The number of methoxy groups -OCH3 is 1. The Morgan fingerprint density at radius 1 is 1.29 bits per heavy atom. The van der Waals surface area contributed by atoms with Gasteiger partial charge in [0.05, 0.1) is 18.2 Å². The van der Waals surface area contributed by atoms with Crippen molar-refractivity contribution < 1.29 is 9.53 Å². The highest BCUT2D eigenvalue weighted by atomic mass is 35.5. The first-order valence-corrected chi connectivity index (χ1v) is 11.3. The molecular formula is C22H24ClN5O2S. The van der Waals surface area contributed by atoms with Crippen LogP contribution >= 0.6 is 23.4 Å². The van der Waals surface area contributed by atoms with E-state index in [1.165, 1.54) is 11.8 Å². The van der Waals surface area contributed by atoms with E-state index >= 15 is 0 Å². The van der Waals surface area contributed by atoms with E-state index in [4.69, 9.17) is 16.3 Å². The lowest BCUT2D eigenvalue weighted by atomic mass is 10.0. The number of anilines is 1. The molecule has 4 rings (SSSR count). The van der Waals surface area contributed by atoms with Crippen LogP contribution in [0.15, 0.2) is 47.6 Å². The molecule has 0 fully saturated rings. The third-order valence-corrected chi connectivity index (χ3v) is 6.57. The number of amides is 1. The van der Waals surface area contributed by atoms with Gasteiger partial charge in [0.25, 0.3) is 0 Å². The number of hydrogen-bond donors (Lipinski definition) is 2. The number of hydrogen-bond acceptors (Lipinski definition) is 6. The first-order valence-electron chi connectivity index (χ1n) is 10.1. The second-order valence-electron chi connectivity index (χ2n) is 7.38. The van der Waals surface area contributed by atoms with Crippen molar-refractivity contribution in [1.82, 2.24) is 14.9 Å². The van der Waals surface area contributed by atoms with E-state index < -0.39 is 5.25 Å². The second kappa shape index (κ2) is 9.20. The average Bonchev–Trinajstić information content (AvgIpc) is 3.15. The number of benzene rings is 2. The van der Waals surface area contributed by atoms with Gasteiger partial charge in [-0.15, -0.1) is 10.2 Å². The van der Waals surface area contributed by atoms with Crippen molar-refractivity contribution in [2.45, 2.75) is 43.1 Å². The number of aryl methyl sites for hydroxylation is 2. The molecule has 2 heterocycles. The molecule has 0 saturated carbocycles. The molecule has 0 bridgehead atoms. The van der Waals surface area contributed by atoms with E-state index in [-0.39, 0.29) is 11.9 Å². The molecule has 162 valence electrons. The van der Waals surface area contributed by atoms with Gasteiger partial charge in [-0.2, -0.15) is 0 Å². The van der Waals surface area contributed by atoms with Crippen molar-refractivity contribution in [3.05, 3.63) is 64.4 Å². The van der Waals surface area contributed by atoms with Crippen molar-refractivity contribution >= 4 is 35.0 Å². The highest BCUT2D eigenvalue weighted by Gasteiger charge is 2.38. The van der Waals surface area contributed by atoms with Gasteiger partial charge in [-0.05, 0) is 48.7 Å². The zero-order chi connectivity index (χ0) is 22.0. The molecule has 31 heavy (non-hydrogen) atoms. The topological polar surface area (TPSA) is 81.1 Å². The van der Waals surface area contributed by atoms with Gasteiger partial charge >= 0.3 is 0 Å². The molecule has 9 heteroatoms. The van der Waals surface area contributed by atoms with Crippen LogP contribution in [-0.2, 0) is 11.2 Å². The minimum Gasteiger partial charge on any atom is -0.495 e. The molecule has 0 saturated heterocycles. The standard InChI is InChI=1S/C22H24ClN5O2S/c1-4-6-18-25-26-22-28(18)27-19(14-9-10-17(30-3)16(23)12-14)20(31-22)21(29)24-15-8-5-7-13(2)11-15/h5,7-12,19-20,27H,4,6H2,1-3H3,(H,24,29)/t19-,20+/m1/s1. The zero-order valence-corrected chi connectivity index (χ0v) is 19.1. The molecule has 0 spiro atoms. The van der Waals surface area contributed by atoms with Crippen LogP contribution in [0.2, 0.25) is 5.02 Å². The Bertz CT molecular complexity index is 1100. The SMILES string of the molecule is CCCc1nnc2n1N[C@H](c1ccc(OC)c(Cl)c1)[C@@H](C(=O)Nc1cccc(C)c1)S2. The fraction of sp³-hybridized carbons (Fsp3) is 0.318. The van der Waals surface area contributed by atoms with Crippen LogP contribution in [0.4, 0.5) is 5.69 Å². The summed E-state index contributed by atoms with van der Waals surface area (Å²) in [5.41, 5.74) is 6.17. The highest BCUT2D eigenvalue weighted by Crippen LogP contribution is 2.39. The zero-order valence-electron chi connectivity index (χ0n) is 17.6. The van der Waals surface area contributed by atoms with Crippen LogP contribution in [0, 0.1) is 6.92 Å². The minimum atomic E-state index is -0.476. The van der Waals surface area contributed by atoms with Crippen LogP contribution in [0.1, 0.15) is 36.3 Å². The molecule has 1 aliphatic heterocycles. The molecule has 0 aliphatic carbocycles. The summed E-state index contributed by atoms with van der Waals surface area (Å²) in [7, 11) is 1.58. The monoisotopic (exact) mass is 457 g/mol. The normalized spacial score (nSPS) is 17.5. The Balaban J connectivity index is 1.69. The van der Waals surface area contributed by atoms with E-state index in [2.05, 4.69) is 27.9 Å². The van der Waals surface area contributed by atoms with Gasteiger partial charge in [0.15, 0.2) is 5.82 Å². The Morgan fingerprint density at radius 2 is 2.13 bits per heavy atom. The van der Waals surface area contributed by atoms with Gasteiger partial charge in [-0.3, -0.25) is 4.79 Å². The molecule has 0 unspecified atom stereocenters. The number of nitrogens with zero attached hydrogens (tertiary/aromatic N) is 3. The summed E-state index contributed by atoms with van der Waals surface area (Å²) in [6.45, 7) is 4.09. The molecule has 7 nitrogen and oxygen atoms in total. The molecule has 1 aromatic heterocycles. The quantitative estimate of drug-likeness (QED) is 0.563. The molecule has 0 radical (unpaired) electrons. The van der Waals surface area contributed by atoms with Crippen LogP contribution in [0.25, 0.3) is 0 Å². The molecular weight excluding hydrogens is 434 g/mol. The third kappa shape index (κ3) is 4.50. The first-order chi connectivity index (χ1) is 15.0. The number of carbonyl (C=O) groups is 1. The van der Waals surface area contributed by atoms with E-state index in [9.17, 15) is 4.79 Å². The molecule has 2 N–H and O–H groups in total. The average molecular weight is 458 g/mol. The summed E-state index contributed by atoms with van der Waals surface area (Å²) in [6, 6.07) is 13.0. The van der Waals surface area contributed by atoms with Crippen molar-refractivity contribution in [1.29, 1.82) is 0 Å². The van der Waals surface area contributed by atoms with E-state index in [0.717, 1.165) is 35.5 Å². The Hall–Kier alpha value is -2.71. The summed E-state index contributed by atoms with van der Waals surface area (Å²) >= 11 is 7.79. The number of fused-ring (bicyclic) bond motifs is 1. The Labute approximate surface area is 190 Å². The molecule has 2 atom stereocenters. The van der Waals surface area contributed by atoms with Gasteiger partial charge in [0.1, 0.15) is 11.0 Å². The number of rotatable bonds is 6. The van der Waals surface area contributed by atoms with E-state index in [1.807, 2.05) is 54.1 Å². The molecule has 1 amide bonds. The minimum absolute atomic E-state index is 0.119. The van der Waals surface area contributed by atoms with Crippen molar-refractivity contribution in [3.8, 4) is 5.75 Å². The number of ether oxygens (including phenoxy) is 1. The predicted octanol–water partition coefficient (Wildman–Crippen LogP) is 4.60. The predicted molar refractivity (Wildman–Crippen MR) is 124 cm³/mol.